The molecule has 2 heterocycles. The SMILES string of the molecule is O=C(CC12CCC(C(=O)O)(CC1)C2)N1CCc2c(n(Cc3cccc(OC(F)(F)F)c3)c3ccc(F)cc23)C1. The Balaban J connectivity index is 1.28. The van der Waals surface area contributed by atoms with Gasteiger partial charge < -0.3 is 19.3 Å². The van der Waals surface area contributed by atoms with Gasteiger partial charge in [0.1, 0.15) is 11.6 Å². The number of fused-ring (bicyclic) bond motifs is 5. The second-order valence-corrected chi connectivity index (χ2v) is 11.4. The third-order valence-corrected chi connectivity index (χ3v) is 9.01. The number of aromatic nitrogens is 1. The number of carboxylic acids is 1. The number of carbonyl (C=O) groups is 2. The van der Waals surface area contributed by atoms with Gasteiger partial charge in [-0.3, -0.25) is 9.59 Å². The molecule has 0 spiro atoms. The van der Waals surface area contributed by atoms with Crippen LogP contribution in [0.1, 0.15) is 55.3 Å². The molecule has 0 unspecified atom stereocenters. The Bertz CT molecular complexity index is 1470. The molecule has 1 aliphatic heterocycles. The highest BCUT2D eigenvalue weighted by Crippen LogP contribution is 2.63. The van der Waals surface area contributed by atoms with Gasteiger partial charge in [-0.2, -0.15) is 0 Å². The molecule has 3 aliphatic rings. The molecule has 206 valence electrons. The number of carboxylic acid groups (broad SMARTS) is 1. The fourth-order valence-electron chi connectivity index (χ4n) is 7.12. The van der Waals surface area contributed by atoms with Gasteiger partial charge in [-0.05, 0) is 85.4 Å². The quantitative estimate of drug-likeness (QED) is 0.385. The van der Waals surface area contributed by atoms with Crippen molar-refractivity contribution in [1.29, 1.82) is 0 Å². The zero-order chi connectivity index (χ0) is 27.6. The van der Waals surface area contributed by atoms with Crippen LogP contribution < -0.4 is 4.74 Å². The van der Waals surface area contributed by atoms with Crippen LogP contribution in [-0.4, -0.2) is 39.4 Å². The minimum Gasteiger partial charge on any atom is -0.481 e. The molecule has 1 aromatic heterocycles. The molecule has 0 radical (unpaired) electrons. The maximum absolute atomic E-state index is 14.2. The smallest absolute Gasteiger partial charge is 0.481 e. The maximum Gasteiger partial charge on any atom is 0.573 e. The van der Waals surface area contributed by atoms with Crippen LogP contribution >= 0.6 is 0 Å². The predicted octanol–water partition coefficient (Wildman–Crippen LogP) is 6.04. The molecule has 10 heteroatoms. The fourth-order valence-corrected chi connectivity index (χ4v) is 7.12. The van der Waals surface area contributed by atoms with Crippen LogP contribution in [0, 0.1) is 16.6 Å². The maximum atomic E-state index is 14.2. The molecule has 2 aliphatic carbocycles. The molecule has 2 saturated carbocycles. The average Bonchev–Trinajstić information content (AvgIpc) is 3.52. The molecule has 6 rings (SSSR count). The summed E-state index contributed by atoms with van der Waals surface area (Å²) < 4.78 is 58.6. The Hall–Kier alpha value is -3.56. The van der Waals surface area contributed by atoms with Crippen molar-refractivity contribution in [3.05, 3.63) is 65.1 Å². The van der Waals surface area contributed by atoms with Crippen molar-refractivity contribution in [2.24, 2.45) is 10.8 Å². The van der Waals surface area contributed by atoms with E-state index in [0.717, 1.165) is 35.0 Å². The van der Waals surface area contributed by atoms with Crippen LogP contribution in [0.5, 0.6) is 5.75 Å². The highest BCUT2D eigenvalue weighted by Gasteiger charge is 2.58. The largest absolute Gasteiger partial charge is 0.573 e. The number of aliphatic carboxylic acids is 1. The lowest BCUT2D eigenvalue weighted by molar-refractivity contribution is -0.274. The second-order valence-electron chi connectivity index (χ2n) is 11.4. The minimum absolute atomic E-state index is 0.0210. The summed E-state index contributed by atoms with van der Waals surface area (Å²) in [5.74, 6) is -1.49. The predicted molar refractivity (Wildman–Crippen MR) is 133 cm³/mol. The van der Waals surface area contributed by atoms with Crippen molar-refractivity contribution >= 4 is 22.8 Å². The molecule has 2 bridgehead atoms. The van der Waals surface area contributed by atoms with E-state index in [2.05, 4.69) is 4.74 Å². The first-order valence-electron chi connectivity index (χ1n) is 13.1. The molecule has 2 aromatic carbocycles. The number of hydrogen-bond acceptors (Lipinski definition) is 3. The molecule has 0 saturated heterocycles. The highest BCUT2D eigenvalue weighted by molar-refractivity contribution is 5.87. The Labute approximate surface area is 222 Å². The Morgan fingerprint density at radius 2 is 1.82 bits per heavy atom. The van der Waals surface area contributed by atoms with Gasteiger partial charge in [0.25, 0.3) is 0 Å². The zero-order valence-corrected chi connectivity index (χ0v) is 21.2. The molecule has 39 heavy (non-hydrogen) atoms. The van der Waals surface area contributed by atoms with Crippen LogP contribution in [0.2, 0.25) is 0 Å². The third kappa shape index (κ3) is 4.63. The molecule has 6 nitrogen and oxygen atoms in total. The minimum atomic E-state index is -4.81. The van der Waals surface area contributed by atoms with Crippen LogP contribution in [0.25, 0.3) is 10.9 Å². The summed E-state index contributed by atoms with van der Waals surface area (Å²) in [6.45, 7) is 0.986. The van der Waals surface area contributed by atoms with E-state index in [9.17, 15) is 32.3 Å². The summed E-state index contributed by atoms with van der Waals surface area (Å²) >= 11 is 0. The van der Waals surface area contributed by atoms with Crippen LogP contribution in [0.15, 0.2) is 42.5 Å². The van der Waals surface area contributed by atoms with Gasteiger partial charge in [-0.1, -0.05) is 12.1 Å². The summed E-state index contributed by atoms with van der Waals surface area (Å²) in [5.41, 5.74) is 2.11. The number of carbonyl (C=O) groups excluding carboxylic acids is 1. The first-order valence-corrected chi connectivity index (χ1v) is 13.1. The topological polar surface area (TPSA) is 71.8 Å². The van der Waals surface area contributed by atoms with E-state index in [1.165, 1.54) is 30.3 Å². The zero-order valence-electron chi connectivity index (χ0n) is 21.2. The van der Waals surface area contributed by atoms with Crippen molar-refractivity contribution in [3.63, 3.8) is 0 Å². The number of alkyl halides is 3. The number of rotatable bonds is 6. The van der Waals surface area contributed by atoms with E-state index in [-0.39, 0.29) is 29.4 Å². The Kier molecular flexibility index (Phi) is 5.93. The summed E-state index contributed by atoms with van der Waals surface area (Å²) in [6.07, 6.45) is -0.748. The van der Waals surface area contributed by atoms with Crippen molar-refractivity contribution in [2.45, 2.75) is 64.4 Å². The lowest BCUT2D eigenvalue weighted by Gasteiger charge is -2.33. The summed E-state index contributed by atoms with van der Waals surface area (Å²) in [6, 6.07) is 10.2. The number of amides is 1. The van der Waals surface area contributed by atoms with Gasteiger partial charge >= 0.3 is 12.3 Å². The number of halogens is 4. The van der Waals surface area contributed by atoms with Crippen LogP contribution in [-0.2, 0) is 29.1 Å². The molecular formula is C29H28F4N2O4. The molecule has 1 amide bonds. The van der Waals surface area contributed by atoms with Gasteiger partial charge in [0.05, 0.1) is 12.0 Å². The first kappa shape index (κ1) is 25.7. The van der Waals surface area contributed by atoms with E-state index in [1.807, 2.05) is 4.57 Å². The normalized spacial score (nSPS) is 24.3. The Morgan fingerprint density at radius 1 is 1.05 bits per heavy atom. The molecule has 0 atom stereocenters. The molecule has 3 aromatic rings. The number of ether oxygens (including phenoxy) is 1. The van der Waals surface area contributed by atoms with Gasteiger partial charge in [-0.25, -0.2) is 4.39 Å². The number of nitrogens with zero attached hydrogens (tertiary/aromatic N) is 2. The lowest BCUT2D eigenvalue weighted by Crippen LogP contribution is -2.39. The summed E-state index contributed by atoms with van der Waals surface area (Å²) in [7, 11) is 0. The monoisotopic (exact) mass is 544 g/mol. The summed E-state index contributed by atoms with van der Waals surface area (Å²) in [5, 5.41) is 10.5. The molecule has 2 fully saturated rings. The van der Waals surface area contributed by atoms with Gasteiger partial charge in [0.2, 0.25) is 5.91 Å². The van der Waals surface area contributed by atoms with E-state index in [1.54, 1.807) is 17.0 Å². The molecular weight excluding hydrogens is 516 g/mol. The van der Waals surface area contributed by atoms with Crippen molar-refractivity contribution in [3.8, 4) is 5.75 Å². The standard InChI is InChI=1S/C29H28F4N2O4/c30-19-4-5-23-22(13-19)21-6-11-34(25(36)14-27-7-9-28(17-27,10-8-27)26(37)38)16-24(21)35(23)15-18-2-1-3-20(12-18)39-29(31,32)33/h1-5,12-13H,6-11,14-17H2,(H,37,38). The third-order valence-electron chi connectivity index (χ3n) is 9.01. The van der Waals surface area contributed by atoms with E-state index < -0.39 is 17.7 Å². The van der Waals surface area contributed by atoms with Crippen molar-refractivity contribution in [2.75, 3.05) is 6.54 Å². The lowest BCUT2D eigenvalue weighted by atomic mass is 9.80. The van der Waals surface area contributed by atoms with Gasteiger partial charge in [0.15, 0.2) is 0 Å². The highest BCUT2D eigenvalue weighted by atomic mass is 19.4. The van der Waals surface area contributed by atoms with E-state index in [0.29, 0.717) is 50.8 Å². The molecule has 1 N–H and O–H groups in total. The second kappa shape index (κ2) is 8.99. The fraction of sp³-hybridized carbons (Fsp3) is 0.448. The van der Waals surface area contributed by atoms with Gasteiger partial charge in [-0.15, -0.1) is 13.2 Å². The van der Waals surface area contributed by atoms with E-state index in [4.69, 9.17) is 0 Å². The summed E-state index contributed by atoms with van der Waals surface area (Å²) in [4.78, 5) is 27.2. The van der Waals surface area contributed by atoms with Crippen LogP contribution in [0.3, 0.4) is 0 Å². The van der Waals surface area contributed by atoms with Crippen LogP contribution in [0.4, 0.5) is 17.6 Å². The van der Waals surface area contributed by atoms with Crippen molar-refractivity contribution < 1.29 is 37.0 Å². The first-order chi connectivity index (χ1) is 18.5. The van der Waals surface area contributed by atoms with Crippen molar-refractivity contribution in [1.82, 2.24) is 9.47 Å². The van der Waals surface area contributed by atoms with E-state index >= 15 is 0 Å². The average molecular weight is 545 g/mol. The number of hydrogen-bond donors (Lipinski definition) is 1. The number of benzene rings is 2. The van der Waals surface area contributed by atoms with Gasteiger partial charge in [0, 0.05) is 36.1 Å². The Morgan fingerprint density at radius 3 is 2.51 bits per heavy atom.